The lowest BCUT2D eigenvalue weighted by molar-refractivity contribution is -0.128. The van der Waals surface area contributed by atoms with E-state index in [2.05, 4.69) is 0 Å². The maximum absolute atomic E-state index is 11.8. The SMILES string of the molecule is O=C1CCN(c2ccc3sccc3c2)C(=O)C1. The van der Waals surface area contributed by atoms with Gasteiger partial charge in [0, 0.05) is 23.4 Å². The number of hydrogen-bond acceptors (Lipinski definition) is 3. The van der Waals surface area contributed by atoms with Gasteiger partial charge in [-0.2, -0.15) is 0 Å². The van der Waals surface area contributed by atoms with E-state index in [0.29, 0.717) is 13.0 Å². The molecule has 2 heterocycles. The molecule has 3 nitrogen and oxygen atoms in total. The molecule has 1 saturated heterocycles. The van der Waals surface area contributed by atoms with E-state index in [1.165, 1.54) is 4.70 Å². The molecule has 1 aliphatic heterocycles. The average molecular weight is 245 g/mol. The topological polar surface area (TPSA) is 37.4 Å². The van der Waals surface area contributed by atoms with Crippen molar-refractivity contribution in [3.63, 3.8) is 0 Å². The summed E-state index contributed by atoms with van der Waals surface area (Å²) >= 11 is 1.69. The number of carbonyl (C=O) groups excluding carboxylic acids is 2. The van der Waals surface area contributed by atoms with Crippen LogP contribution in [0.15, 0.2) is 29.6 Å². The molecular formula is C13H11NO2S. The Bertz CT molecular complexity index is 602. The second-order valence-electron chi connectivity index (χ2n) is 4.15. The average Bonchev–Trinajstić information content (AvgIpc) is 2.75. The van der Waals surface area contributed by atoms with Crippen LogP contribution in [0.25, 0.3) is 10.1 Å². The Morgan fingerprint density at radius 1 is 1.18 bits per heavy atom. The molecule has 3 rings (SSSR count). The van der Waals surface area contributed by atoms with E-state index in [1.54, 1.807) is 16.2 Å². The van der Waals surface area contributed by atoms with Crippen molar-refractivity contribution < 1.29 is 9.59 Å². The van der Waals surface area contributed by atoms with E-state index < -0.39 is 0 Å². The maximum Gasteiger partial charge on any atom is 0.234 e. The maximum atomic E-state index is 11.8. The number of rotatable bonds is 1. The number of fused-ring (bicyclic) bond motifs is 1. The van der Waals surface area contributed by atoms with Crippen molar-refractivity contribution in [2.45, 2.75) is 12.8 Å². The summed E-state index contributed by atoms with van der Waals surface area (Å²) < 4.78 is 1.22. The van der Waals surface area contributed by atoms with Crippen LogP contribution in [0.5, 0.6) is 0 Å². The number of ketones is 1. The van der Waals surface area contributed by atoms with Crippen LogP contribution in [0.1, 0.15) is 12.8 Å². The first-order valence-corrected chi connectivity index (χ1v) is 6.41. The zero-order chi connectivity index (χ0) is 11.8. The second-order valence-corrected chi connectivity index (χ2v) is 5.10. The van der Waals surface area contributed by atoms with E-state index in [-0.39, 0.29) is 18.1 Å². The third-order valence-electron chi connectivity index (χ3n) is 3.01. The quantitative estimate of drug-likeness (QED) is 0.724. The van der Waals surface area contributed by atoms with E-state index in [1.807, 2.05) is 29.6 Å². The standard InChI is InChI=1S/C13H11NO2S/c15-11-3-5-14(13(16)8-11)10-1-2-12-9(7-10)4-6-17-12/h1-2,4,6-7H,3,5,8H2. The molecule has 0 atom stereocenters. The first kappa shape index (κ1) is 10.5. The molecule has 17 heavy (non-hydrogen) atoms. The van der Waals surface area contributed by atoms with Crippen LogP contribution in [0.4, 0.5) is 5.69 Å². The third-order valence-corrected chi connectivity index (χ3v) is 3.91. The number of benzene rings is 1. The Kier molecular flexibility index (Phi) is 2.44. The summed E-state index contributed by atoms with van der Waals surface area (Å²) in [4.78, 5) is 24.7. The minimum atomic E-state index is -0.0872. The smallest absolute Gasteiger partial charge is 0.234 e. The fourth-order valence-corrected chi connectivity index (χ4v) is 2.88. The molecule has 1 aromatic carbocycles. The number of Topliss-reactive ketones (excluding diaryl/α,β-unsaturated/α-hetero) is 1. The van der Waals surface area contributed by atoms with Gasteiger partial charge < -0.3 is 4.90 Å². The third kappa shape index (κ3) is 1.85. The van der Waals surface area contributed by atoms with Crippen LogP contribution in [0, 0.1) is 0 Å². The lowest BCUT2D eigenvalue weighted by atomic mass is 10.1. The number of anilines is 1. The highest BCUT2D eigenvalue weighted by Crippen LogP contribution is 2.27. The van der Waals surface area contributed by atoms with Gasteiger partial charge in [-0.05, 0) is 35.0 Å². The normalized spacial score (nSPS) is 16.8. The predicted molar refractivity (Wildman–Crippen MR) is 68.4 cm³/mol. The van der Waals surface area contributed by atoms with Crippen molar-refractivity contribution in [1.29, 1.82) is 0 Å². The van der Waals surface area contributed by atoms with Crippen molar-refractivity contribution >= 4 is 38.8 Å². The van der Waals surface area contributed by atoms with Gasteiger partial charge in [0.05, 0.1) is 6.42 Å². The summed E-state index contributed by atoms with van der Waals surface area (Å²) in [6.07, 6.45) is 0.509. The van der Waals surface area contributed by atoms with Crippen LogP contribution in [-0.4, -0.2) is 18.2 Å². The molecule has 1 fully saturated rings. The van der Waals surface area contributed by atoms with Crippen LogP contribution < -0.4 is 4.90 Å². The van der Waals surface area contributed by atoms with Crippen LogP contribution >= 0.6 is 11.3 Å². The summed E-state index contributed by atoms with van der Waals surface area (Å²) in [5, 5.41) is 3.19. The summed E-state index contributed by atoms with van der Waals surface area (Å²) in [5.41, 5.74) is 0.897. The van der Waals surface area contributed by atoms with Crippen LogP contribution in [0.2, 0.25) is 0 Å². The molecule has 0 N–H and O–H groups in total. The molecule has 0 spiro atoms. The highest BCUT2D eigenvalue weighted by Gasteiger charge is 2.24. The highest BCUT2D eigenvalue weighted by atomic mass is 32.1. The van der Waals surface area contributed by atoms with E-state index in [0.717, 1.165) is 11.1 Å². The minimum absolute atomic E-state index is 0.0433. The molecule has 0 bridgehead atoms. The first-order chi connectivity index (χ1) is 8.24. The van der Waals surface area contributed by atoms with Gasteiger partial charge >= 0.3 is 0 Å². The van der Waals surface area contributed by atoms with Crippen molar-refractivity contribution in [1.82, 2.24) is 0 Å². The molecule has 86 valence electrons. The lowest BCUT2D eigenvalue weighted by Crippen LogP contribution is -2.38. The van der Waals surface area contributed by atoms with Crippen molar-refractivity contribution in [3.05, 3.63) is 29.6 Å². The van der Waals surface area contributed by atoms with Gasteiger partial charge in [-0.1, -0.05) is 0 Å². The summed E-state index contributed by atoms with van der Waals surface area (Å²) in [6, 6.07) is 8.04. The number of thiophene rings is 1. The van der Waals surface area contributed by atoms with Crippen molar-refractivity contribution in [3.8, 4) is 0 Å². The summed E-state index contributed by atoms with van der Waals surface area (Å²) in [5.74, 6) is -0.0429. The zero-order valence-electron chi connectivity index (χ0n) is 9.18. The fraction of sp³-hybridized carbons (Fsp3) is 0.231. The summed E-state index contributed by atoms with van der Waals surface area (Å²) in [6.45, 7) is 0.507. The van der Waals surface area contributed by atoms with Crippen molar-refractivity contribution in [2.24, 2.45) is 0 Å². The summed E-state index contributed by atoms with van der Waals surface area (Å²) in [7, 11) is 0. The molecule has 4 heteroatoms. The molecule has 1 amide bonds. The zero-order valence-corrected chi connectivity index (χ0v) is 10.00. The molecule has 1 aliphatic rings. The molecule has 0 saturated carbocycles. The monoisotopic (exact) mass is 245 g/mol. The molecule has 0 aliphatic carbocycles. The Labute approximate surface area is 103 Å². The lowest BCUT2D eigenvalue weighted by Gasteiger charge is -2.26. The number of hydrogen-bond donors (Lipinski definition) is 0. The van der Waals surface area contributed by atoms with Crippen LogP contribution in [0.3, 0.4) is 0 Å². The van der Waals surface area contributed by atoms with Gasteiger partial charge in [-0.25, -0.2) is 0 Å². The van der Waals surface area contributed by atoms with E-state index in [9.17, 15) is 9.59 Å². The van der Waals surface area contributed by atoms with Crippen molar-refractivity contribution in [2.75, 3.05) is 11.4 Å². The number of nitrogens with zero attached hydrogens (tertiary/aromatic N) is 1. The number of carbonyl (C=O) groups is 2. The van der Waals surface area contributed by atoms with E-state index in [4.69, 9.17) is 0 Å². The highest BCUT2D eigenvalue weighted by molar-refractivity contribution is 7.17. The molecule has 0 unspecified atom stereocenters. The molecule has 0 radical (unpaired) electrons. The van der Waals surface area contributed by atoms with Gasteiger partial charge in [-0.15, -0.1) is 11.3 Å². The molecular weight excluding hydrogens is 234 g/mol. The Morgan fingerprint density at radius 3 is 2.88 bits per heavy atom. The van der Waals surface area contributed by atoms with E-state index >= 15 is 0 Å². The molecule has 1 aromatic heterocycles. The van der Waals surface area contributed by atoms with Gasteiger partial charge in [0.15, 0.2) is 0 Å². The first-order valence-electron chi connectivity index (χ1n) is 5.53. The fourth-order valence-electron chi connectivity index (χ4n) is 2.11. The van der Waals surface area contributed by atoms with Crippen LogP contribution in [-0.2, 0) is 9.59 Å². The number of piperidine rings is 1. The Hall–Kier alpha value is -1.68. The second kappa shape index (κ2) is 3.96. The van der Waals surface area contributed by atoms with Gasteiger partial charge in [-0.3, -0.25) is 9.59 Å². The van der Waals surface area contributed by atoms with Gasteiger partial charge in [0.1, 0.15) is 5.78 Å². The van der Waals surface area contributed by atoms with Gasteiger partial charge in [0.2, 0.25) is 5.91 Å². The molecule has 2 aromatic rings. The Morgan fingerprint density at radius 2 is 2.06 bits per heavy atom. The Balaban J connectivity index is 1.97. The van der Waals surface area contributed by atoms with Gasteiger partial charge in [0.25, 0.3) is 0 Å². The number of amides is 1. The predicted octanol–water partition coefficient (Wildman–Crippen LogP) is 2.60. The minimum Gasteiger partial charge on any atom is -0.312 e. The largest absolute Gasteiger partial charge is 0.312 e.